The molecule has 0 bridgehead atoms. The lowest BCUT2D eigenvalue weighted by Gasteiger charge is -2.18. The molecule has 158 valence electrons. The molecule has 2 N–H and O–H groups in total. The number of hydrogen-bond donors (Lipinski definition) is 2. The van der Waals surface area contributed by atoms with E-state index in [1.165, 1.54) is 24.0 Å². The summed E-state index contributed by atoms with van der Waals surface area (Å²) in [6.07, 6.45) is 2.02. The fourth-order valence-corrected chi connectivity index (χ4v) is 3.70. The van der Waals surface area contributed by atoms with Crippen LogP contribution in [0.5, 0.6) is 0 Å². The van der Waals surface area contributed by atoms with Crippen LogP contribution in [0.1, 0.15) is 31.4 Å². The Morgan fingerprint density at radius 2 is 1.69 bits per heavy atom. The molecule has 29 heavy (non-hydrogen) atoms. The van der Waals surface area contributed by atoms with Crippen LogP contribution in [0.3, 0.4) is 0 Å². The van der Waals surface area contributed by atoms with Crippen LogP contribution in [-0.4, -0.2) is 45.4 Å². The first-order valence-corrected chi connectivity index (χ1v) is 11.4. The highest BCUT2D eigenvalue weighted by Crippen LogP contribution is 2.14. The predicted molar refractivity (Wildman–Crippen MR) is 119 cm³/mol. The number of aliphatic imine (C=N–C) groups is 1. The first-order chi connectivity index (χ1) is 13.8. The van der Waals surface area contributed by atoms with Crippen LogP contribution in [0, 0.1) is 0 Å². The average Bonchev–Trinajstić information content (AvgIpc) is 2.71. The highest BCUT2D eigenvalue weighted by atomic mass is 32.2. The molecular formula is C22H32N4O2S. The maximum absolute atomic E-state index is 12.2. The maximum atomic E-state index is 12.2. The van der Waals surface area contributed by atoms with E-state index in [-0.39, 0.29) is 10.9 Å². The number of guanidine groups is 1. The molecule has 0 fully saturated rings. The molecule has 0 aliphatic rings. The summed E-state index contributed by atoms with van der Waals surface area (Å²) < 4.78 is 25.5. The maximum Gasteiger partial charge on any atom is 0.242 e. The molecule has 1 unspecified atom stereocenters. The molecule has 0 saturated carbocycles. The van der Waals surface area contributed by atoms with Crippen LogP contribution in [0.2, 0.25) is 0 Å². The third-order valence-electron chi connectivity index (χ3n) is 4.56. The Bertz CT molecular complexity index is 879. The zero-order valence-corrected chi connectivity index (χ0v) is 18.5. The van der Waals surface area contributed by atoms with Gasteiger partial charge in [-0.05, 0) is 49.9 Å². The summed E-state index contributed by atoms with van der Waals surface area (Å²) in [5, 5.41) is 6.71. The molecule has 0 amide bonds. The minimum absolute atomic E-state index is 0.278. The average molecular weight is 417 g/mol. The Morgan fingerprint density at radius 3 is 2.28 bits per heavy atom. The smallest absolute Gasteiger partial charge is 0.242 e. The van der Waals surface area contributed by atoms with Gasteiger partial charge in [-0.15, -0.1) is 0 Å². The van der Waals surface area contributed by atoms with Gasteiger partial charge in [0.25, 0.3) is 0 Å². The van der Waals surface area contributed by atoms with E-state index in [1.807, 2.05) is 25.1 Å². The number of aryl methyl sites for hydroxylation is 1. The molecule has 2 rings (SSSR count). The van der Waals surface area contributed by atoms with Gasteiger partial charge in [0, 0.05) is 26.7 Å². The monoisotopic (exact) mass is 416 g/mol. The Kier molecular flexibility index (Phi) is 8.67. The number of nitrogens with zero attached hydrogens (tertiary/aromatic N) is 2. The van der Waals surface area contributed by atoms with Gasteiger partial charge >= 0.3 is 0 Å². The van der Waals surface area contributed by atoms with Crippen molar-refractivity contribution >= 4 is 16.0 Å². The second-order valence-corrected chi connectivity index (χ2v) is 9.35. The summed E-state index contributed by atoms with van der Waals surface area (Å²) in [4.78, 5) is 4.93. The van der Waals surface area contributed by atoms with Gasteiger partial charge in [0.1, 0.15) is 0 Å². The summed E-state index contributed by atoms with van der Waals surface area (Å²) in [6.45, 7) is 5.43. The van der Waals surface area contributed by atoms with Crippen molar-refractivity contribution in [2.24, 2.45) is 4.99 Å². The van der Waals surface area contributed by atoms with Crippen molar-refractivity contribution in [2.75, 3.05) is 20.6 Å². The van der Waals surface area contributed by atoms with Crippen molar-refractivity contribution in [3.8, 4) is 0 Å². The normalized spacial score (nSPS) is 13.3. The summed E-state index contributed by atoms with van der Waals surface area (Å²) in [5.41, 5.74) is 2.28. The second kappa shape index (κ2) is 11.0. The van der Waals surface area contributed by atoms with Crippen molar-refractivity contribution in [1.29, 1.82) is 0 Å². The van der Waals surface area contributed by atoms with Gasteiger partial charge in [0.2, 0.25) is 10.0 Å². The van der Waals surface area contributed by atoms with Crippen LogP contribution in [-0.2, 0) is 23.0 Å². The standard InChI is InChI=1S/C22H32N4O2S/c1-5-23-22(25-18(2)11-12-19-9-7-6-8-10-19)24-17-20-13-15-21(16-14-20)29(27,28)26(3)4/h6-10,13-16,18H,5,11-12,17H2,1-4H3,(H2,23,24,25). The van der Waals surface area contributed by atoms with Crippen LogP contribution in [0.4, 0.5) is 0 Å². The first-order valence-electron chi connectivity index (χ1n) is 9.93. The van der Waals surface area contributed by atoms with Crippen LogP contribution in [0.15, 0.2) is 64.5 Å². The molecule has 1 atom stereocenters. The number of hydrogen-bond acceptors (Lipinski definition) is 3. The molecule has 2 aromatic carbocycles. The van der Waals surface area contributed by atoms with E-state index in [9.17, 15) is 8.42 Å². The molecule has 6 nitrogen and oxygen atoms in total. The number of nitrogens with one attached hydrogen (secondary N) is 2. The predicted octanol–water partition coefficient (Wildman–Crippen LogP) is 3.01. The van der Waals surface area contributed by atoms with Crippen LogP contribution in [0.25, 0.3) is 0 Å². The van der Waals surface area contributed by atoms with E-state index in [0.29, 0.717) is 6.54 Å². The van der Waals surface area contributed by atoms with Crippen LogP contribution >= 0.6 is 0 Å². The molecule has 2 aromatic rings. The van der Waals surface area contributed by atoms with Crippen molar-refractivity contribution in [2.45, 2.75) is 44.2 Å². The molecule has 0 spiro atoms. The summed E-state index contributed by atoms with van der Waals surface area (Å²) in [5.74, 6) is 0.762. The summed E-state index contributed by atoms with van der Waals surface area (Å²) >= 11 is 0. The SMILES string of the molecule is CCNC(=NCc1ccc(S(=O)(=O)N(C)C)cc1)NC(C)CCc1ccccc1. The number of sulfonamides is 1. The topological polar surface area (TPSA) is 73.8 Å². The minimum Gasteiger partial charge on any atom is -0.357 e. The van der Waals surface area contributed by atoms with Crippen molar-refractivity contribution in [1.82, 2.24) is 14.9 Å². The first kappa shape index (κ1) is 22.9. The lowest BCUT2D eigenvalue weighted by Crippen LogP contribution is -2.42. The Balaban J connectivity index is 1.95. The zero-order chi connectivity index (χ0) is 21.3. The van der Waals surface area contributed by atoms with Gasteiger partial charge in [0.15, 0.2) is 5.96 Å². The number of benzene rings is 2. The Morgan fingerprint density at radius 1 is 1.03 bits per heavy atom. The molecule has 7 heteroatoms. The van der Waals surface area contributed by atoms with E-state index in [0.717, 1.165) is 30.9 Å². The van der Waals surface area contributed by atoms with Gasteiger partial charge in [-0.1, -0.05) is 42.5 Å². The lowest BCUT2D eigenvalue weighted by atomic mass is 10.1. The Hall–Kier alpha value is -2.38. The minimum atomic E-state index is -3.41. The quantitative estimate of drug-likeness (QED) is 0.487. The molecule has 0 heterocycles. The van der Waals surface area contributed by atoms with Gasteiger partial charge in [-0.3, -0.25) is 0 Å². The zero-order valence-electron chi connectivity index (χ0n) is 17.7. The van der Waals surface area contributed by atoms with E-state index < -0.39 is 10.0 Å². The van der Waals surface area contributed by atoms with E-state index in [4.69, 9.17) is 0 Å². The van der Waals surface area contributed by atoms with E-state index in [1.54, 1.807) is 12.1 Å². The fourth-order valence-electron chi connectivity index (χ4n) is 2.80. The highest BCUT2D eigenvalue weighted by Gasteiger charge is 2.16. The highest BCUT2D eigenvalue weighted by molar-refractivity contribution is 7.89. The largest absolute Gasteiger partial charge is 0.357 e. The molecule has 0 saturated heterocycles. The molecule has 0 aliphatic heterocycles. The van der Waals surface area contributed by atoms with Crippen molar-refractivity contribution < 1.29 is 8.42 Å². The molecule has 0 radical (unpaired) electrons. The van der Waals surface area contributed by atoms with Gasteiger partial charge in [-0.2, -0.15) is 0 Å². The van der Waals surface area contributed by atoms with Crippen molar-refractivity contribution in [3.05, 3.63) is 65.7 Å². The third kappa shape index (κ3) is 7.18. The summed E-state index contributed by atoms with van der Waals surface area (Å²) in [7, 11) is -0.349. The van der Waals surface area contributed by atoms with Gasteiger partial charge in [0.05, 0.1) is 11.4 Å². The fraction of sp³-hybridized carbons (Fsp3) is 0.409. The van der Waals surface area contributed by atoms with Gasteiger partial charge in [-0.25, -0.2) is 17.7 Å². The Labute approximate surface area is 175 Å². The summed E-state index contributed by atoms with van der Waals surface area (Å²) in [6, 6.07) is 17.6. The van der Waals surface area contributed by atoms with Crippen molar-refractivity contribution in [3.63, 3.8) is 0 Å². The third-order valence-corrected chi connectivity index (χ3v) is 6.39. The lowest BCUT2D eigenvalue weighted by molar-refractivity contribution is 0.520. The number of rotatable bonds is 9. The van der Waals surface area contributed by atoms with Crippen LogP contribution < -0.4 is 10.6 Å². The molecule has 0 aromatic heterocycles. The van der Waals surface area contributed by atoms with Gasteiger partial charge < -0.3 is 10.6 Å². The van der Waals surface area contributed by atoms with E-state index >= 15 is 0 Å². The van der Waals surface area contributed by atoms with E-state index in [2.05, 4.69) is 46.8 Å². The molecule has 0 aliphatic carbocycles. The molecular weight excluding hydrogens is 384 g/mol. The second-order valence-electron chi connectivity index (χ2n) is 7.20.